The summed E-state index contributed by atoms with van der Waals surface area (Å²) in [6.45, 7) is 9.09. The number of rotatable bonds is 3. The smallest absolute Gasteiger partial charge is 0.236 e. The van der Waals surface area contributed by atoms with Gasteiger partial charge in [-0.15, -0.1) is 0 Å². The van der Waals surface area contributed by atoms with Crippen molar-refractivity contribution in [3.8, 4) is 0 Å². The summed E-state index contributed by atoms with van der Waals surface area (Å²) in [6, 6.07) is -0.434. The lowest BCUT2D eigenvalue weighted by Gasteiger charge is -2.04. The molecule has 0 aromatic rings. The van der Waals surface area contributed by atoms with Crippen LogP contribution in [0.4, 0.5) is 0 Å². The molecule has 13 heavy (non-hydrogen) atoms. The van der Waals surface area contributed by atoms with Gasteiger partial charge in [-0.2, -0.15) is 0 Å². The Morgan fingerprint density at radius 3 is 1.92 bits per heavy atom. The molecule has 5 N–H and O–H groups in total. The number of hydrogen-bond donors (Lipinski definition) is 3. The van der Waals surface area contributed by atoms with Crippen molar-refractivity contribution >= 4 is 5.91 Å². The fourth-order valence-corrected chi connectivity index (χ4v) is 0.356. The van der Waals surface area contributed by atoms with Gasteiger partial charge in [0.05, 0.1) is 6.04 Å². The average Bonchev–Trinajstić information content (AvgIpc) is 1.98. The Hall–Kier alpha value is -0.610. The molecule has 0 fully saturated rings. The number of nitrogens with one attached hydrogen (secondary N) is 1. The van der Waals surface area contributed by atoms with E-state index >= 15 is 0 Å². The van der Waals surface area contributed by atoms with Gasteiger partial charge in [-0.3, -0.25) is 4.79 Å². The molecule has 1 amide bonds. The van der Waals surface area contributed by atoms with Gasteiger partial charge in [-0.1, -0.05) is 20.8 Å². The van der Waals surface area contributed by atoms with Crippen LogP contribution in [0.3, 0.4) is 0 Å². The lowest BCUT2D eigenvalue weighted by Crippen LogP contribution is -2.40. The Labute approximate surface area is 81.1 Å². The SMILES string of the molecule is CC(C)C.CC(N)C(=O)NCCN. The van der Waals surface area contributed by atoms with Crippen LogP contribution in [-0.4, -0.2) is 25.0 Å². The molecule has 4 heteroatoms. The second-order valence-electron chi connectivity index (χ2n) is 3.60. The van der Waals surface area contributed by atoms with E-state index in [1.54, 1.807) is 6.92 Å². The third-order valence-electron chi connectivity index (χ3n) is 0.857. The summed E-state index contributed by atoms with van der Waals surface area (Å²) in [5.41, 5.74) is 10.3. The maximum absolute atomic E-state index is 10.6. The largest absolute Gasteiger partial charge is 0.353 e. The van der Waals surface area contributed by atoms with Gasteiger partial charge in [-0.25, -0.2) is 0 Å². The normalized spacial score (nSPS) is 11.6. The van der Waals surface area contributed by atoms with E-state index in [-0.39, 0.29) is 5.91 Å². The molecule has 0 aliphatic heterocycles. The molecule has 0 saturated carbocycles. The molecule has 0 heterocycles. The molecule has 1 atom stereocenters. The minimum atomic E-state index is -0.434. The third-order valence-corrected chi connectivity index (χ3v) is 0.857. The zero-order chi connectivity index (χ0) is 10.9. The number of carbonyl (C=O) groups excluding carboxylic acids is 1. The van der Waals surface area contributed by atoms with Crippen LogP contribution in [0.1, 0.15) is 27.7 Å². The first-order valence-electron chi connectivity index (χ1n) is 4.65. The molecule has 0 saturated heterocycles. The van der Waals surface area contributed by atoms with Gasteiger partial charge in [0.2, 0.25) is 5.91 Å². The second kappa shape index (κ2) is 9.48. The number of carbonyl (C=O) groups is 1. The Bertz CT molecular complexity index is 121. The van der Waals surface area contributed by atoms with Crippen molar-refractivity contribution < 1.29 is 4.79 Å². The summed E-state index contributed by atoms with van der Waals surface area (Å²) >= 11 is 0. The lowest BCUT2D eigenvalue weighted by atomic mass is 10.3. The molecule has 80 valence electrons. The monoisotopic (exact) mass is 189 g/mol. The minimum Gasteiger partial charge on any atom is -0.353 e. The van der Waals surface area contributed by atoms with Gasteiger partial charge in [0.15, 0.2) is 0 Å². The number of nitrogens with two attached hydrogens (primary N) is 2. The van der Waals surface area contributed by atoms with Crippen LogP contribution in [0.25, 0.3) is 0 Å². The van der Waals surface area contributed by atoms with E-state index in [4.69, 9.17) is 11.5 Å². The Morgan fingerprint density at radius 2 is 1.69 bits per heavy atom. The summed E-state index contributed by atoms with van der Waals surface area (Å²) < 4.78 is 0. The van der Waals surface area contributed by atoms with Crippen LogP contribution in [0.15, 0.2) is 0 Å². The quantitative estimate of drug-likeness (QED) is 0.587. The Morgan fingerprint density at radius 1 is 1.31 bits per heavy atom. The van der Waals surface area contributed by atoms with Crippen molar-refractivity contribution in [3.63, 3.8) is 0 Å². The molecule has 0 bridgehead atoms. The van der Waals surface area contributed by atoms with Gasteiger partial charge >= 0.3 is 0 Å². The first-order chi connectivity index (χ1) is 5.91. The molecule has 1 unspecified atom stereocenters. The highest BCUT2D eigenvalue weighted by Crippen LogP contribution is 1.81. The van der Waals surface area contributed by atoms with Crippen LogP contribution in [0.5, 0.6) is 0 Å². The van der Waals surface area contributed by atoms with Crippen molar-refractivity contribution in [2.45, 2.75) is 33.7 Å². The fraction of sp³-hybridized carbons (Fsp3) is 0.889. The van der Waals surface area contributed by atoms with Gasteiger partial charge in [0.25, 0.3) is 0 Å². The van der Waals surface area contributed by atoms with Crippen molar-refractivity contribution in [1.82, 2.24) is 5.32 Å². The Kier molecular flexibility index (Phi) is 10.9. The van der Waals surface area contributed by atoms with E-state index in [0.29, 0.717) is 13.1 Å². The van der Waals surface area contributed by atoms with Gasteiger partial charge in [0.1, 0.15) is 0 Å². The highest BCUT2D eigenvalue weighted by Gasteiger charge is 2.03. The van der Waals surface area contributed by atoms with Gasteiger partial charge in [0, 0.05) is 13.1 Å². The van der Waals surface area contributed by atoms with Crippen molar-refractivity contribution in [1.29, 1.82) is 0 Å². The summed E-state index contributed by atoms with van der Waals surface area (Å²) in [6.07, 6.45) is 0. The van der Waals surface area contributed by atoms with E-state index < -0.39 is 6.04 Å². The maximum Gasteiger partial charge on any atom is 0.236 e. The Balaban J connectivity index is 0. The van der Waals surface area contributed by atoms with E-state index in [2.05, 4.69) is 26.1 Å². The minimum absolute atomic E-state index is 0.152. The van der Waals surface area contributed by atoms with Crippen LogP contribution in [0.2, 0.25) is 0 Å². The summed E-state index contributed by atoms with van der Waals surface area (Å²) in [5.74, 6) is 0.681. The standard InChI is InChI=1S/C5H13N3O.C4H10/c1-4(7)5(9)8-3-2-6;1-4(2)3/h4H,2-3,6-7H2,1H3,(H,8,9);4H,1-3H3. The number of hydrogen-bond acceptors (Lipinski definition) is 3. The zero-order valence-electron chi connectivity index (χ0n) is 9.13. The molecular weight excluding hydrogens is 166 g/mol. The number of amides is 1. The predicted molar refractivity (Wildman–Crippen MR) is 56.2 cm³/mol. The average molecular weight is 189 g/mol. The van der Waals surface area contributed by atoms with Crippen molar-refractivity contribution in [2.75, 3.05) is 13.1 Å². The van der Waals surface area contributed by atoms with Crippen LogP contribution >= 0.6 is 0 Å². The summed E-state index contributed by atoms with van der Waals surface area (Å²) in [4.78, 5) is 10.6. The molecule has 0 rings (SSSR count). The van der Waals surface area contributed by atoms with Crippen LogP contribution in [0, 0.1) is 5.92 Å². The second-order valence-corrected chi connectivity index (χ2v) is 3.60. The van der Waals surface area contributed by atoms with Gasteiger partial charge in [-0.05, 0) is 12.8 Å². The molecule has 0 aliphatic carbocycles. The molecule has 0 spiro atoms. The first kappa shape index (κ1) is 14.9. The lowest BCUT2D eigenvalue weighted by molar-refractivity contribution is -0.121. The van der Waals surface area contributed by atoms with E-state index in [9.17, 15) is 4.79 Å². The van der Waals surface area contributed by atoms with Crippen molar-refractivity contribution in [2.24, 2.45) is 17.4 Å². The molecular formula is C9H23N3O. The van der Waals surface area contributed by atoms with E-state index in [0.717, 1.165) is 5.92 Å². The summed E-state index contributed by atoms with van der Waals surface area (Å²) in [5, 5.41) is 2.54. The topological polar surface area (TPSA) is 81.1 Å². The van der Waals surface area contributed by atoms with Crippen LogP contribution < -0.4 is 16.8 Å². The first-order valence-corrected chi connectivity index (χ1v) is 4.65. The molecule has 4 nitrogen and oxygen atoms in total. The molecule has 0 aromatic carbocycles. The van der Waals surface area contributed by atoms with Gasteiger partial charge < -0.3 is 16.8 Å². The molecule has 0 radical (unpaired) electrons. The molecule has 0 aromatic heterocycles. The van der Waals surface area contributed by atoms with E-state index in [1.807, 2.05) is 0 Å². The highest BCUT2D eigenvalue weighted by molar-refractivity contribution is 5.80. The maximum atomic E-state index is 10.6. The van der Waals surface area contributed by atoms with Crippen molar-refractivity contribution in [3.05, 3.63) is 0 Å². The van der Waals surface area contributed by atoms with E-state index in [1.165, 1.54) is 0 Å². The van der Waals surface area contributed by atoms with Crippen LogP contribution in [-0.2, 0) is 4.79 Å². The fourth-order valence-electron chi connectivity index (χ4n) is 0.356. The third kappa shape index (κ3) is 18.4. The highest BCUT2D eigenvalue weighted by atomic mass is 16.2. The zero-order valence-corrected chi connectivity index (χ0v) is 9.13. The predicted octanol–water partition coefficient (Wildman–Crippen LogP) is 0.0708. The summed E-state index contributed by atoms with van der Waals surface area (Å²) in [7, 11) is 0. The molecule has 0 aliphatic rings.